The van der Waals surface area contributed by atoms with Crippen molar-refractivity contribution in [2.24, 2.45) is 0 Å². The van der Waals surface area contributed by atoms with E-state index in [0.717, 1.165) is 18.8 Å². The van der Waals surface area contributed by atoms with Crippen LogP contribution >= 0.6 is 0 Å². The van der Waals surface area contributed by atoms with Crippen molar-refractivity contribution in [2.75, 3.05) is 18.0 Å². The predicted octanol–water partition coefficient (Wildman–Crippen LogP) is 4.23. The fourth-order valence-corrected chi connectivity index (χ4v) is 2.44. The lowest BCUT2D eigenvalue weighted by molar-refractivity contribution is -0.0979. The lowest BCUT2D eigenvalue weighted by Gasteiger charge is -2.18. The average molecular weight is 320 g/mol. The number of benzene rings is 1. The number of aromatic nitrogens is 1. The number of anilines is 1. The first-order valence-corrected chi connectivity index (χ1v) is 7.28. The zero-order chi connectivity index (χ0) is 16.7. The number of rotatable bonds is 4. The number of halogens is 2. The molecule has 1 saturated heterocycles. The monoisotopic (exact) mass is 320 g/mol. The van der Waals surface area contributed by atoms with Gasteiger partial charge in [-0.15, -0.1) is 0 Å². The summed E-state index contributed by atoms with van der Waals surface area (Å²) >= 11 is 0. The third-order valence-electron chi connectivity index (χ3n) is 3.51. The van der Waals surface area contributed by atoms with Gasteiger partial charge in [-0.1, -0.05) is 6.07 Å². The highest BCUT2D eigenvalue weighted by Crippen LogP contribution is 2.28. The van der Waals surface area contributed by atoms with Crippen LogP contribution in [-0.4, -0.2) is 24.9 Å². The molecule has 1 fully saturated rings. The molecule has 0 bridgehead atoms. The molecule has 0 radical (unpaired) electrons. The van der Waals surface area contributed by atoms with Crippen LogP contribution in [-0.2, 0) is 4.79 Å². The summed E-state index contributed by atoms with van der Waals surface area (Å²) in [6.07, 6.45) is 1.19. The summed E-state index contributed by atoms with van der Waals surface area (Å²) in [6, 6.07) is 10.6. The highest BCUT2D eigenvalue weighted by molar-refractivity contribution is 5.52. The fourth-order valence-electron chi connectivity index (χ4n) is 2.44. The van der Waals surface area contributed by atoms with Crippen LogP contribution < -0.4 is 9.64 Å². The molecule has 1 aliphatic heterocycles. The van der Waals surface area contributed by atoms with Crippen LogP contribution in [0.3, 0.4) is 0 Å². The molecule has 4 nitrogen and oxygen atoms in total. The molecule has 122 valence electrons. The Balaban J connectivity index is 0.000000924. The summed E-state index contributed by atoms with van der Waals surface area (Å²) in [5.41, 5.74) is 0.885. The zero-order valence-corrected chi connectivity index (χ0v) is 12.6. The standard InChI is InChI=1S/C16H16F2N2O.CH2O/c17-16(18)15-7-6-14(11-19-15)21-13-5-3-4-12(10-13)20-8-1-2-9-20;1-2/h3-7,10-11,16H,1-2,8-9H2;1H2. The van der Waals surface area contributed by atoms with Gasteiger partial charge < -0.3 is 14.4 Å². The van der Waals surface area contributed by atoms with Crippen molar-refractivity contribution in [1.29, 1.82) is 0 Å². The van der Waals surface area contributed by atoms with E-state index in [1.165, 1.54) is 31.2 Å². The van der Waals surface area contributed by atoms with Crippen LogP contribution in [0, 0.1) is 0 Å². The molecule has 0 unspecified atom stereocenters. The molecule has 3 rings (SSSR count). The Bertz CT molecular complexity index is 614. The molecule has 0 atom stereocenters. The minimum atomic E-state index is -2.56. The van der Waals surface area contributed by atoms with Crippen molar-refractivity contribution in [2.45, 2.75) is 19.3 Å². The Kier molecular flexibility index (Phi) is 6.02. The number of carbonyl (C=O) groups is 1. The van der Waals surface area contributed by atoms with E-state index in [9.17, 15) is 8.78 Å². The normalized spacial score (nSPS) is 13.6. The molecule has 0 aliphatic carbocycles. The van der Waals surface area contributed by atoms with Gasteiger partial charge in [-0.05, 0) is 37.1 Å². The molecular weight excluding hydrogens is 302 g/mol. The molecule has 1 aromatic heterocycles. The number of ether oxygens (including phenoxy) is 1. The summed E-state index contributed by atoms with van der Waals surface area (Å²) in [5, 5.41) is 0. The maximum atomic E-state index is 12.4. The predicted molar refractivity (Wildman–Crippen MR) is 84.3 cm³/mol. The van der Waals surface area contributed by atoms with Gasteiger partial charge in [0.25, 0.3) is 6.43 Å². The Hall–Kier alpha value is -2.50. The molecule has 2 aromatic rings. The van der Waals surface area contributed by atoms with Crippen LogP contribution in [0.2, 0.25) is 0 Å². The first kappa shape index (κ1) is 16.9. The summed E-state index contributed by atoms with van der Waals surface area (Å²) < 4.78 is 30.6. The molecule has 23 heavy (non-hydrogen) atoms. The number of hydrogen-bond acceptors (Lipinski definition) is 4. The molecule has 1 aliphatic rings. The van der Waals surface area contributed by atoms with Crippen LogP contribution in [0.1, 0.15) is 25.0 Å². The average Bonchev–Trinajstić information content (AvgIpc) is 3.12. The maximum Gasteiger partial charge on any atom is 0.280 e. The fraction of sp³-hybridized carbons (Fsp3) is 0.294. The molecule has 6 heteroatoms. The van der Waals surface area contributed by atoms with Crippen LogP contribution in [0.15, 0.2) is 42.6 Å². The van der Waals surface area contributed by atoms with E-state index >= 15 is 0 Å². The van der Waals surface area contributed by atoms with Gasteiger partial charge in [0, 0.05) is 24.8 Å². The van der Waals surface area contributed by atoms with E-state index in [-0.39, 0.29) is 5.69 Å². The number of hydrogen-bond donors (Lipinski definition) is 0. The molecule has 0 N–H and O–H groups in total. The van der Waals surface area contributed by atoms with Crippen molar-refractivity contribution in [3.05, 3.63) is 48.3 Å². The SMILES string of the molecule is C=O.FC(F)c1ccc(Oc2cccc(N3CCCC3)c2)cn1. The smallest absolute Gasteiger partial charge is 0.280 e. The molecule has 0 saturated carbocycles. The van der Waals surface area contributed by atoms with E-state index in [2.05, 4.69) is 16.0 Å². The summed E-state index contributed by atoms with van der Waals surface area (Å²) in [5.74, 6) is 1.14. The second kappa shape index (κ2) is 8.22. The van der Waals surface area contributed by atoms with Crippen molar-refractivity contribution in [3.63, 3.8) is 0 Å². The van der Waals surface area contributed by atoms with E-state index in [1.807, 2.05) is 25.0 Å². The lowest BCUT2D eigenvalue weighted by atomic mass is 10.2. The number of nitrogens with zero attached hydrogens (tertiary/aromatic N) is 2. The quantitative estimate of drug-likeness (QED) is 0.845. The largest absolute Gasteiger partial charge is 0.456 e. The summed E-state index contributed by atoms with van der Waals surface area (Å²) in [4.78, 5) is 14.0. The minimum absolute atomic E-state index is 0.242. The van der Waals surface area contributed by atoms with Gasteiger partial charge in [0.15, 0.2) is 0 Å². The molecule has 0 spiro atoms. The van der Waals surface area contributed by atoms with Crippen molar-refractivity contribution in [3.8, 4) is 11.5 Å². The zero-order valence-electron chi connectivity index (χ0n) is 12.6. The lowest BCUT2D eigenvalue weighted by Crippen LogP contribution is -2.17. The highest BCUT2D eigenvalue weighted by Gasteiger charge is 2.13. The molecular formula is C17H18F2N2O2. The Morgan fingerprint density at radius 1 is 1.09 bits per heavy atom. The van der Waals surface area contributed by atoms with Crippen LogP contribution in [0.5, 0.6) is 11.5 Å². The van der Waals surface area contributed by atoms with E-state index < -0.39 is 6.43 Å². The summed E-state index contributed by atoms with van der Waals surface area (Å²) in [6.45, 7) is 4.13. The highest BCUT2D eigenvalue weighted by atomic mass is 19.3. The first-order chi connectivity index (χ1) is 11.2. The number of pyridine rings is 1. The van der Waals surface area contributed by atoms with Gasteiger partial charge in [0.2, 0.25) is 0 Å². The van der Waals surface area contributed by atoms with Gasteiger partial charge >= 0.3 is 0 Å². The van der Waals surface area contributed by atoms with Gasteiger partial charge in [-0.3, -0.25) is 4.98 Å². The molecule has 2 heterocycles. The Morgan fingerprint density at radius 2 is 1.83 bits per heavy atom. The first-order valence-electron chi connectivity index (χ1n) is 7.28. The summed E-state index contributed by atoms with van der Waals surface area (Å²) in [7, 11) is 0. The van der Waals surface area contributed by atoms with Crippen LogP contribution in [0.4, 0.5) is 14.5 Å². The Labute approximate surface area is 133 Å². The second-order valence-electron chi connectivity index (χ2n) is 5.01. The molecule has 0 amide bonds. The third kappa shape index (κ3) is 4.48. The second-order valence-corrected chi connectivity index (χ2v) is 5.01. The van der Waals surface area contributed by atoms with Gasteiger partial charge in [-0.25, -0.2) is 8.78 Å². The van der Waals surface area contributed by atoms with E-state index in [4.69, 9.17) is 9.53 Å². The molecule has 1 aromatic carbocycles. The van der Waals surface area contributed by atoms with E-state index in [0.29, 0.717) is 11.5 Å². The number of alkyl halides is 2. The van der Waals surface area contributed by atoms with E-state index in [1.54, 1.807) is 0 Å². The van der Waals surface area contributed by atoms with Crippen LogP contribution in [0.25, 0.3) is 0 Å². The maximum absolute atomic E-state index is 12.4. The Morgan fingerprint density at radius 3 is 2.43 bits per heavy atom. The topological polar surface area (TPSA) is 42.4 Å². The third-order valence-corrected chi connectivity index (χ3v) is 3.51. The van der Waals surface area contributed by atoms with Crippen molar-refractivity contribution in [1.82, 2.24) is 4.98 Å². The minimum Gasteiger partial charge on any atom is -0.456 e. The van der Waals surface area contributed by atoms with Crippen molar-refractivity contribution < 1.29 is 18.3 Å². The van der Waals surface area contributed by atoms with Crippen molar-refractivity contribution >= 4 is 12.5 Å². The van der Waals surface area contributed by atoms with Gasteiger partial charge in [-0.2, -0.15) is 0 Å². The van der Waals surface area contributed by atoms with Gasteiger partial charge in [0.05, 0.1) is 6.20 Å². The van der Waals surface area contributed by atoms with Gasteiger partial charge in [0.1, 0.15) is 24.0 Å². The number of carbonyl (C=O) groups excluding carboxylic acids is 1.